The fraction of sp³-hybridized carbons (Fsp3) is 0. The van der Waals surface area contributed by atoms with E-state index in [1.807, 2.05) is 0 Å². The van der Waals surface area contributed by atoms with Crippen molar-refractivity contribution < 1.29 is 8.78 Å². The first-order valence-corrected chi connectivity index (χ1v) is 5.90. The predicted octanol–water partition coefficient (Wildman–Crippen LogP) is 4.23. The van der Waals surface area contributed by atoms with Crippen LogP contribution < -0.4 is 0 Å². The topological polar surface area (TPSA) is 25.8 Å². The first-order chi connectivity index (χ1) is 9.15. The second-order valence-corrected chi connectivity index (χ2v) is 4.34. The highest BCUT2D eigenvalue weighted by Gasteiger charge is 2.10. The summed E-state index contributed by atoms with van der Waals surface area (Å²) in [6.45, 7) is 0. The van der Waals surface area contributed by atoms with Gasteiger partial charge in [-0.3, -0.25) is 0 Å². The molecule has 0 spiro atoms. The van der Waals surface area contributed by atoms with Crippen LogP contribution in [0.5, 0.6) is 0 Å². The molecule has 0 N–H and O–H groups in total. The van der Waals surface area contributed by atoms with Crippen molar-refractivity contribution in [1.82, 2.24) is 9.97 Å². The fourth-order valence-corrected chi connectivity index (χ4v) is 2.04. The third-order valence-corrected chi connectivity index (χ3v) is 3.02. The zero-order valence-electron chi connectivity index (χ0n) is 9.57. The van der Waals surface area contributed by atoms with E-state index < -0.39 is 5.82 Å². The largest absolute Gasteiger partial charge is 0.225 e. The first-order valence-electron chi connectivity index (χ1n) is 5.53. The summed E-state index contributed by atoms with van der Waals surface area (Å²) < 4.78 is 26.6. The van der Waals surface area contributed by atoms with Crippen molar-refractivity contribution in [2.45, 2.75) is 0 Å². The van der Waals surface area contributed by atoms with Gasteiger partial charge < -0.3 is 0 Å². The molecule has 3 aromatic rings. The zero-order chi connectivity index (χ0) is 13.4. The SMILES string of the molecule is Fc1ccc(-c2nc(Cl)c3cccc(F)c3n2)cc1. The molecule has 2 aromatic carbocycles. The van der Waals surface area contributed by atoms with Gasteiger partial charge in [0, 0.05) is 10.9 Å². The number of hydrogen-bond donors (Lipinski definition) is 0. The summed E-state index contributed by atoms with van der Waals surface area (Å²) in [5.41, 5.74) is 0.732. The molecule has 0 aliphatic rings. The third kappa shape index (κ3) is 2.15. The normalized spacial score (nSPS) is 10.9. The monoisotopic (exact) mass is 276 g/mol. The molecule has 1 heterocycles. The van der Waals surface area contributed by atoms with E-state index in [9.17, 15) is 8.78 Å². The molecule has 0 saturated carbocycles. The van der Waals surface area contributed by atoms with Crippen LogP contribution >= 0.6 is 11.6 Å². The van der Waals surface area contributed by atoms with Gasteiger partial charge in [0.2, 0.25) is 0 Å². The van der Waals surface area contributed by atoms with Crippen LogP contribution in [0.4, 0.5) is 8.78 Å². The molecule has 0 fully saturated rings. The minimum absolute atomic E-state index is 0.154. The lowest BCUT2D eigenvalue weighted by atomic mass is 10.2. The Morgan fingerprint density at radius 1 is 0.895 bits per heavy atom. The summed E-state index contributed by atoms with van der Waals surface area (Å²) in [7, 11) is 0. The number of rotatable bonds is 1. The Morgan fingerprint density at radius 2 is 1.63 bits per heavy atom. The summed E-state index contributed by atoms with van der Waals surface area (Å²) in [5, 5.41) is 0.622. The molecule has 1 aromatic heterocycles. The van der Waals surface area contributed by atoms with Crippen LogP contribution in [0.15, 0.2) is 42.5 Å². The number of para-hydroxylation sites is 1. The van der Waals surface area contributed by atoms with E-state index in [1.54, 1.807) is 12.1 Å². The van der Waals surface area contributed by atoms with Gasteiger partial charge in [0.25, 0.3) is 0 Å². The van der Waals surface area contributed by atoms with Gasteiger partial charge in [0.05, 0.1) is 0 Å². The molecular weight excluding hydrogens is 270 g/mol. The summed E-state index contributed by atoms with van der Waals surface area (Å²) in [4.78, 5) is 8.25. The van der Waals surface area contributed by atoms with Crippen LogP contribution in [0.1, 0.15) is 0 Å². The molecule has 0 aliphatic carbocycles. The molecule has 0 amide bonds. The van der Waals surface area contributed by atoms with Crippen LogP contribution in [-0.2, 0) is 0 Å². The van der Waals surface area contributed by atoms with E-state index in [-0.39, 0.29) is 22.3 Å². The van der Waals surface area contributed by atoms with Gasteiger partial charge in [-0.25, -0.2) is 18.7 Å². The minimum Gasteiger partial charge on any atom is -0.225 e. The Morgan fingerprint density at radius 3 is 2.37 bits per heavy atom. The van der Waals surface area contributed by atoms with Gasteiger partial charge >= 0.3 is 0 Å². The minimum atomic E-state index is -0.467. The Bertz CT molecular complexity index is 757. The molecule has 0 unspecified atom stereocenters. The molecule has 0 saturated heterocycles. The van der Waals surface area contributed by atoms with Crippen molar-refractivity contribution in [3.05, 3.63) is 59.3 Å². The van der Waals surface area contributed by atoms with Crippen molar-refractivity contribution in [3.63, 3.8) is 0 Å². The molecule has 0 aliphatic heterocycles. The van der Waals surface area contributed by atoms with Crippen LogP contribution in [0.3, 0.4) is 0 Å². The van der Waals surface area contributed by atoms with E-state index in [1.165, 1.54) is 30.3 Å². The highest BCUT2D eigenvalue weighted by molar-refractivity contribution is 6.34. The molecule has 0 bridgehead atoms. The standard InChI is InChI=1S/C14H7ClF2N2/c15-13-10-2-1-3-11(17)12(10)18-14(19-13)8-4-6-9(16)7-5-8/h1-7H. The number of aromatic nitrogens is 2. The van der Waals surface area contributed by atoms with Crippen LogP contribution in [0, 0.1) is 11.6 Å². The highest BCUT2D eigenvalue weighted by Crippen LogP contribution is 2.26. The van der Waals surface area contributed by atoms with Crippen molar-refractivity contribution in [3.8, 4) is 11.4 Å². The lowest BCUT2D eigenvalue weighted by Crippen LogP contribution is -1.94. The van der Waals surface area contributed by atoms with Crippen molar-refractivity contribution in [2.75, 3.05) is 0 Å². The average Bonchev–Trinajstić information content (AvgIpc) is 2.41. The van der Waals surface area contributed by atoms with E-state index >= 15 is 0 Å². The molecule has 2 nitrogen and oxygen atoms in total. The molecule has 94 valence electrons. The van der Waals surface area contributed by atoms with Crippen molar-refractivity contribution in [2.24, 2.45) is 0 Å². The average molecular weight is 277 g/mol. The van der Waals surface area contributed by atoms with E-state index in [2.05, 4.69) is 9.97 Å². The number of hydrogen-bond acceptors (Lipinski definition) is 2. The molecule has 3 rings (SSSR count). The smallest absolute Gasteiger partial charge is 0.161 e. The maximum atomic E-state index is 13.7. The van der Waals surface area contributed by atoms with Gasteiger partial charge in [-0.2, -0.15) is 0 Å². The van der Waals surface area contributed by atoms with Gasteiger partial charge in [0.15, 0.2) is 5.82 Å². The third-order valence-electron chi connectivity index (χ3n) is 2.73. The Balaban J connectivity index is 2.25. The summed E-state index contributed by atoms with van der Waals surface area (Å²) >= 11 is 6.02. The maximum Gasteiger partial charge on any atom is 0.161 e. The zero-order valence-corrected chi connectivity index (χ0v) is 10.3. The molecule has 19 heavy (non-hydrogen) atoms. The second kappa shape index (κ2) is 4.55. The molecular formula is C14H7ClF2N2. The van der Waals surface area contributed by atoms with Crippen molar-refractivity contribution >= 4 is 22.5 Å². The Hall–Kier alpha value is -2.07. The number of nitrogens with zero attached hydrogens (tertiary/aromatic N) is 2. The quantitative estimate of drug-likeness (QED) is 0.622. The van der Waals surface area contributed by atoms with Gasteiger partial charge in [-0.15, -0.1) is 0 Å². The summed E-state index contributed by atoms with van der Waals surface area (Å²) in [6.07, 6.45) is 0. The van der Waals surface area contributed by atoms with Crippen molar-refractivity contribution in [1.29, 1.82) is 0 Å². The van der Waals surface area contributed by atoms with E-state index in [0.717, 1.165) is 0 Å². The van der Waals surface area contributed by atoms with E-state index in [0.29, 0.717) is 10.9 Å². The first kappa shape index (κ1) is 12.0. The predicted molar refractivity (Wildman–Crippen MR) is 69.9 cm³/mol. The van der Waals surface area contributed by atoms with Crippen LogP contribution in [0.25, 0.3) is 22.3 Å². The highest BCUT2D eigenvalue weighted by atomic mass is 35.5. The molecule has 0 atom stereocenters. The summed E-state index contributed by atoms with van der Waals surface area (Å²) in [5.74, 6) is -0.561. The number of fused-ring (bicyclic) bond motifs is 1. The van der Waals surface area contributed by atoms with Gasteiger partial charge in [0.1, 0.15) is 22.3 Å². The number of benzene rings is 2. The van der Waals surface area contributed by atoms with E-state index in [4.69, 9.17) is 11.6 Å². The Kier molecular flexibility index (Phi) is 2.87. The Labute approximate surface area is 112 Å². The lowest BCUT2D eigenvalue weighted by Gasteiger charge is -2.05. The van der Waals surface area contributed by atoms with Gasteiger partial charge in [-0.1, -0.05) is 17.7 Å². The second-order valence-electron chi connectivity index (χ2n) is 3.98. The maximum absolute atomic E-state index is 13.7. The van der Waals surface area contributed by atoms with Gasteiger partial charge in [-0.05, 0) is 36.4 Å². The summed E-state index contributed by atoms with van der Waals surface area (Å²) in [6, 6.07) is 10.1. The lowest BCUT2D eigenvalue weighted by molar-refractivity contribution is 0.628. The fourth-order valence-electron chi connectivity index (χ4n) is 1.81. The van der Waals surface area contributed by atoms with Crippen LogP contribution in [-0.4, -0.2) is 9.97 Å². The molecule has 5 heteroatoms. The molecule has 0 radical (unpaired) electrons. The number of halogens is 3. The van der Waals surface area contributed by atoms with Crippen LogP contribution in [0.2, 0.25) is 5.15 Å².